The normalized spacial score (nSPS) is 19.3. The summed E-state index contributed by atoms with van der Waals surface area (Å²) in [6.45, 7) is 12.6. The summed E-state index contributed by atoms with van der Waals surface area (Å²) < 4.78 is 10.7. The van der Waals surface area contributed by atoms with Crippen LogP contribution in [0.15, 0.2) is 17.5 Å². The summed E-state index contributed by atoms with van der Waals surface area (Å²) in [6.07, 6.45) is 2.57. The number of nitrogens with two attached hydrogens (primary N) is 1. The molecule has 0 aromatic carbocycles. The second-order valence-electron chi connectivity index (χ2n) is 9.68. The fraction of sp³-hybridized carbons (Fsp3) is 0.636. The number of nitrogens with zero attached hydrogens (tertiary/aromatic N) is 3. The maximum absolute atomic E-state index is 13.0. The molecule has 10 nitrogen and oxygen atoms in total. The molecule has 176 valence electrons. The van der Waals surface area contributed by atoms with Gasteiger partial charge in [0.15, 0.2) is 0 Å². The summed E-state index contributed by atoms with van der Waals surface area (Å²) >= 11 is 0. The van der Waals surface area contributed by atoms with Gasteiger partial charge < -0.3 is 25.5 Å². The number of ether oxygens (including phenoxy) is 2. The molecule has 0 radical (unpaired) electrons. The third-order valence-corrected chi connectivity index (χ3v) is 5.35. The van der Waals surface area contributed by atoms with Gasteiger partial charge in [-0.1, -0.05) is 13.8 Å². The highest BCUT2D eigenvalue weighted by Gasteiger charge is 2.48. The fourth-order valence-electron chi connectivity index (χ4n) is 4.21. The summed E-state index contributed by atoms with van der Waals surface area (Å²) in [4.78, 5) is 33.5. The number of nitrogens with one attached hydrogen (secondary N) is 2. The first-order chi connectivity index (χ1) is 14.9. The minimum atomic E-state index is -0.555. The van der Waals surface area contributed by atoms with Gasteiger partial charge in [0.05, 0.1) is 18.3 Å². The lowest BCUT2D eigenvalue weighted by atomic mass is 9.69. The van der Waals surface area contributed by atoms with Gasteiger partial charge in [0.2, 0.25) is 5.95 Å². The van der Waals surface area contributed by atoms with Crippen molar-refractivity contribution >= 4 is 18.0 Å². The zero-order valence-corrected chi connectivity index (χ0v) is 19.7. The molecule has 0 saturated heterocycles. The van der Waals surface area contributed by atoms with Gasteiger partial charge in [0, 0.05) is 19.3 Å². The molecule has 2 heterocycles. The SMILES string of the molecule is CCOC(=O)C1=C2C(NN1CCCNC(=O)OC(C)(C)C)c1nc(N)ncc1CC2(C)C. The van der Waals surface area contributed by atoms with Gasteiger partial charge in [-0.05, 0) is 57.1 Å². The number of aromatic nitrogens is 2. The Morgan fingerprint density at radius 3 is 2.75 bits per heavy atom. The molecule has 1 aromatic rings. The standard InChI is InChI=1S/C22H34N6O4/c1-7-31-18(29)17-14-16(15-13(11-22(14,5)6)12-25-19(23)26-15)27-28(17)10-8-9-24-20(30)32-21(2,3)4/h12,16,27H,7-11H2,1-6H3,(H,24,30)(H2,23,25,26). The first-order valence-electron chi connectivity index (χ1n) is 11.0. The van der Waals surface area contributed by atoms with Crippen molar-refractivity contribution < 1.29 is 19.1 Å². The van der Waals surface area contributed by atoms with Crippen molar-refractivity contribution in [3.8, 4) is 0 Å². The molecule has 1 atom stereocenters. The topological polar surface area (TPSA) is 132 Å². The molecule has 1 unspecified atom stereocenters. The lowest BCUT2D eigenvalue weighted by molar-refractivity contribution is -0.140. The van der Waals surface area contributed by atoms with E-state index in [0.29, 0.717) is 31.6 Å². The number of rotatable bonds is 6. The Morgan fingerprint density at radius 1 is 1.38 bits per heavy atom. The second-order valence-corrected chi connectivity index (χ2v) is 9.68. The van der Waals surface area contributed by atoms with Crippen molar-refractivity contribution in [2.45, 2.75) is 66.0 Å². The van der Waals surface area contributed by atoms with Crippen molar-refractivity contribution in [3.05, 3.63) is 28.7 Å². The van der Waals surface area contributed by atoms with Crippen molar-refractivity contribution in [2.24, 2.45) is 5.41 Å². The molecule has 1 aliphatic heterocycles. The van der Waals surface area contributed by atoms with E-state index < -0.39 is 11.7 Å². The van der Waals surface area contributed by atoms with E-state index in [1.807, 2.05) is 25.8 Å². The van der Waals surface area contributed by atoms with E-state index in [1.165, 1.54) is 0 Å². The Labute approximate surface area is 188 Å². The highest BCUT2D eigenvalue weighted by atomic mass is 16.6. The first-order valence-corrected chi connectivity index (χ1v) is 11.0. The molecule has 1 aromatic heterocycles. The number of fused-ring (bicyclic) bond motifs is 3. The van der Waals surface area contributed by atoms with E-state index in [-0.39, 0.29) is 30.0 Å². The zero-order chi connectivity index (χ0) is 23.7. The highest BCUT2D eigenvalue weighted by molar-refractivity contribution is 5.90. The van der Waals surface area contributed by atoms with Gasteiger partial charge >= 0.3 is 12.1 Å². The number of esters is 1. The van der Waals surface area contributed by atoms with Crippen molar-refractivity contribution in [1.82, 2.24) is 25.7 Å². The maximum atomic E-state index is 13.0. The molecule has 10 heteroatoms. The molecule has 32 heavy (non-hydrogen) atoms. The first kappa shape index (κ1) is 23.8. The number of hydrogen-bond acceptors (Lipinski definition) is 9. The fourth-order valence-corrected chi connectivity index (χ4v) is 4.21. The Hall–Kier alpha value is -2.88. The van der Waals surface area contributed by atoms with Gasteiger partial charge in [-0.3, -0.25) is 0 Å². The molecule has 1 aliphatic carbocycles. The summed E-state index contributed by atoms with van der Waals surface area (Å²) in [5.41, 5.74) is 11.6. The van der Waals surface area contributed by atoms with Gasteiger partial charge in [0.1, 0.15) is 11.3 Å². The number of anilines is 1. The van der Waals surface area contributed by atoms with Crippen LogP contribution in [-0.2, 0) is 20.7 Å². The number of amides is 1. The molecule has 1 amide bonds. The van der Waals surface area contributed by atoms with Crippen LogP contribution in [0.25, 0.3) is 0 Å². The summed E-state index contributed by atoms with van der Waals surface area (Å²) in [6, 6.07) is -0.294. The third kappa shape index (κ3) is 5.12. The van der Waals surface area contributed by atoms with Crippen LogP contribution in [0.4, 0.5) is 10.7 Å². The number of hydrazine groups is 1. The molecule has 0 bridgehead atoms. The molecule has 0 saturated carbocycles. The number of nitrogen functional groups attached to an aromatic ring is 1. The number of hydrogen-bond donors (Lipinski definition) is 3. The second kappa shape index (κ2) is 8.93. The Kier molecular flexibility index (Phi) is 6.64. The predicted octanol–water partition coefficient (Wildman–Crippen LogP) is 2.23. The monoisotopic (exact) mass is 446 g/mol. The molecule has 4 N–H and O–H groups in total. The quantitative estimate of drug-likeness (QED) is 0.444. The number of alkyl carbamates (subject to hydrolysis) is 1. The lowest BCUT2D eigenvalue weighted by Crippen LogP contribution is -2.40. The van der Waals surface area contributed by atoms with Gasteiger partial charge in [-0.15, -0.1) is 0 Å². The van der Waals surface area contributed by atoms with E-state index in [9.17, 15) is 9.59 Å². The van der Waals surface area contributed by atoms with Gasteiger partial charge in [0.25, 0.3) is 0 Å². The van der Waals surface area contributed by atoms with Crippen molar-refractivity contribution in [3.63, 3.8) is 0 Å². The zero-order valence-electron chi connectivity index (χ0n) is 19.7. The third-order valence-electron chi connectivity index (χ3n) is 5.35. The van der Waals surface area contributed by atoms with E-state index in [1.54, 1.807) is 13.1 Å². The molecular formula is C22H34N6O4. The van der Waals surface area contributed by atoms with Crippen LogP contribution in [0.1, 0.15) is 65.3 Å². The molecule has 3 rings (SSSR count). The van der Waals surface area contributed by atoms with Crippen LogP contribution in [0.3, 0.4) is 0 Å². The molecule has 0 fully saturated rings. The average molecular weight is 447 g/mol. The van der Waals surface area contributed by atoms with Gasteiger partial charge in [-0.2, -0.15) is 0 Å². The Balaban J connectivity index is 1.81. The lowest BCUT2D eigenvalue weighted by Gasteiger charge is -2.36. The molecular weight excluding hydrogens is 412 g/mol. The Bertz CT molecular complexity index is 921. The Morgan fingerprint density at radius 2 is 2.09 bits per heavy atom. The summed E-state index contributed by atoms with van der Waals surface area (Å²) in [5.74, 6) is -0.182. The van der Waals surface area contributed by atoms with E-state index >= 15 is 0 Å². The molecule has 2 aliphatic rings. The summed E-state index contributed by atoms with van der Waals surface area (Å²) in [5, 5.41) is 4.56. The van der Waals surface area contributed by atoms with Crippen LogP contribution in [-0.4, -0.2) is 52.3 Å². The van der Waals surface area contributed by atoms with Crippen LogP contribution in [0.2, 0.25) is 0 Å². The highest BCUT2D eigenvalue weighted by Crippen LogP contribution is 2.49. The van der Waals surface area contributed by atoms with Crippen LogP contribution >= 0.6 is 0 Å². The largest absolute Gasteiger partial charge is 0.461 e. The van der Waals surface area contributed by atoms with Crippen LogP contribution in [0.5, 0.6) is 0 Å². The summed E-state index contributed by atoms with van der Waals surface area (Å²) in [7, 11) is 0. The predicted molar refractivity (Wildman–Crippen MR) is 119 cm³/mol. The number of carbonyl (C=O) groups excluding carboxylic acids is 2. The van der Waals surface area contributed by atoms with Crippen LogP contribution < -0.4 is 16.5 Å². The minimum Gasteiger partial charge on any atom is -0.461 e. The van der Waals surface area contributed by atoms with Crippen molar-refractivity contribution in [2.75, 3.05) is 25.4 Å². The van der Waals surface area contributed by atoms with Gasteiger partial charge in [-0.25, -0.2) is 25.0 Å². The van der Waals surface area contributed by atoms with E-state index in [0.717, 1.165) is 16.8 Å². The molecule has 0 spiro atoms. The minimum absolute atomic E-state index is 0.197. The maximum Gasteiger partial charge on any atom is 0.407 e. The van der Waals surface area contributed by atoms with Crippen LogP contribution in [0, 0.1) is 5.41 Å². The van der Waals surface area contributed by atoms with Crippen molar-refractivity contribution in [1.29, 1.82) is 0 Å². The average Bonchev–Trinajstić information content (AvgIpc) is 3.06. The van der Waals surface area contributed by atoms with E-state index in [2.05, 4.69) is 34.6 Å². The number of carbonyl (C=O) groups is 2. The van der Waals surface area contributed by atoms with E-state index in [4.69, 9.17) is 15.2 Å². The smallest absolute Gasteiger partial charge is 0.407 e.